The minimum absolute atomic E-state index is 0.167. The van der Waals surface area contributed by atoms with Crippen molar-refractivity contribution in [3.63, 3.8) is 0 Å². The first-order chi connectivity index (χ1) is 12.9. The lowest BCUT2D eigenvalue weighted by molar-refractivity contribution is 0.262. The van der Waals surface area contributed by atoms with E-state index < -0.39 is 16.1 Å². The second-order valence-electron chi connectivity index (χ2n) is 5.94. The van der Waals surface area contributed by atoms with Gasteiger partial charge >= 0.3 is 6.03 Å². The van der Waals surface area contributed by atoms with Crippen molar-refractivity contribution in [1.29, 1.82) is 0 Å². The Bertz CT molecular complexity index is 929. The van der Waals surface area contributed by atoms with Crippen LogP contribution in [0.5, 0.6) is 11.5 Å². The Hall–Kier alpha value is -2.94. The molecule has 1 heterocycles. The van der Waals surface area contributed by atoms with Crippen LogP contribution in [0.25, 0.3) is 0 Å². The summed E-state index contributed by atoms with van der Waals surface area (Å²) >= 11 is 0. The van der Waals surface area contributed by atoms with Gasteiger partial charge in [-0.05, 0) is 42.8 Å². The van der Waals surface area contributed by atoms with Crippen molar-refractivity contribution in [1.82, 2.24) is 0 Å². The first kappa shape index (κ1) is 18.8. The van der Waals surface area contributed by atoms with Crippen LogP contribution in [0.3, 0.4) is 0 Å². The maximum Gasteiger partial charge on any atom is 0.323 e. The highest BCUT2D eigenvalue weighted by Crippen LogP contribution is 2.30. The van der Waals surface area contributed by atoms with Crippen molar-refractivity contribution in [2.75, 3.05) is 41.5 Å². The summed E-state index contributed by atoms with van der Waals surface area (Å²) in [4.78, 5) is 12.2. The second kappa shape index (κ2) is 7.75. The molecule has 0 atom stereocenters. The van der Waals surface area contributed by atoms with Crippen molar-refractivity contribution in [2.45, 2.75) is 6.42 Å². The van der Waals surface area contributed by atoms with Gasteiger partial charge in [-0.15, -0.1) is 0 Å². The molecule has 9 heteroatoms. The molecule has 27 heavy (non-hydrogen) atoms. The minimum Gasteiger partial charge on any atom is -0.493 e. The molecule has 0 saturated carbocycles. The standard InChI is InChI=1S/C18H21N3O5S/c1-25-16-9-6-14(12-17(16)26-2)20-18(22)19-13-4-7-15(8-5-13)21-10-3-11-27(21,23)24/h4-9,12H,3,10-11H2,1-2H3,(H2,19,20,22). The van der Waals surface area contributed by atoms with Crippen LogP contribution >= 0.6 is 0 Å². The van der Waals surface area contributed by atoms with Crippen LogP contribution in [0.2, 0.25) is 0 Å². The van der Waals surface area contributed by atoms with Gasteiger partial charge in [0.25, 0.3) is 0 Å². The molecule has 2 N–H and O–H groups in total. The summed E-state index contributed by atoms with van der Waals surface area (Å²) in [5, 5.41) is 5.41. The number of sulfonamides is 1. The molecule has 0 bridgehead atoms. The van der Waals surface area contributed by atoms with Crippen LogP contribution in [0, 0.1) is 0 Å². The van der Waals surface area contributed by atoms with Crippen LogP contribution in [-0.4, -0.2) is 41.0 Å². The number of amides is 2. The van der Waals surface area contributed by atoms with Crippen molar-refractivity contribution < 1.29 is 22.7 Å². The van der Waals surface area contributed by atoms with Gasteiger partial charge in [0.2, 0.25) is 10.0 Å². The molecule has 8 nitrogen and oxygen atoms in total. The van der Waals surface area contributed by atoms with Crippen molar-refractivity contribution >= 4 is 33.1 Å². The summed E-state index contributed by atoms with van der Waals surface area (Å²) in [6.07, 6.45) is 0.621. The molecule has 0 unspecified atom stereocenters. The molecule has 0 spiro atoms. The summed E-state index contributed by atoms with van der Waals surface area (Å²) in [5.74, 6) is 1.24. The lowest BCUT2D eigenvalue weighted by atomic mass is 10.2. The number of hydrogen-bond acceptors (Lipinski definition) is 5. The van der Waals surface area contributed by atoms with Crippen LogP contribution in [0.4, 0.5) is 21.9 Å². The number of carbonyl (C=O) groups excluding carboxylic acids is 1. The topological polar surface area (TPSA) is 97.0 Å². The van der Waals surface area contributed by atoms with E-state index in [4.69, 9.17) is 9.47 Å². The smallest absolute Gasteiger partial charge is 0.323 e. The Morgan fingerprint density at radius 3 is 2.19 bits per heavy atom. The number of urea groups is 1. The van der Waals surface area contributed by atoms with Crippen molar-refractivity contribution in [3.8, 4) is 11.5 Å². The lowest BCUT2D eigenvalue weighted by Gasteiger charge is -2.17. The van der Waals surface area contributed by atoms with E-state index in [0.717, 1.165) is 0 Å². The number of ether oxygens (including phenoxy) is 2. The highest BCUT2D eigenvalue weighted by atomic mass is 32.2. The molecule has 0 aliphatic carbocycles. The summed E-state index contributed by atoms with van der Waals surface area (Å²) in [6.45, 7) is 0.481. The number of methoxy groups -OCH3 is 2. The maximum atomic E-state index is 12.2. The van der Waals surface area contributed by atoms with E-state index in [1.807, 2.05) is 0 Å². The third kappa shape index (κ3) is 4.25. The van der Waals surface area contributed by atoms with Crippen LogP contribution in [0.1, 0.15) is 6.42 Å². The number of anilines is 3. The molecule has 1 aliphatic rings. The van der Waals surface area contributed by atoms with Gasteiger partial charge in [0, 0.05) is 24.0 Å². The second-order valence-corrected chi connectivity index (χ2v) is 7.95. The zero-order valence-corrected chi connectivity index (χ0v) is 15.9. The predicted octanol–water partition coefficient (Wildman–Crippen LogP) is 2.89. The molecule has 1 saturated heterocycles. The van der Waals surface area contributed by atoms with Gasteiger partial charge in [0.15, 0.2) is 11.5 Å². The van der Waals surface area contributed by atoms with E-state index in [1.165, 1.54) is 18.5 Å². The monoisotopic (exact) mass is 391 g/mol. The molecule has 2 amide bonds. The molecular weight excluding hydrogens is 370 g/mol. The minimum atomic E-state index is -3.22. The van der Waals surface area contributed by atoms with E-state index in [-0.39, 0.29) is 5.75 Å². The quantitative estimate of drug-likeness (QED) is 0.817. The normalized spacial score (nSPS) is 15.3. The van der Waals surface area contributed by atoms with Gasteiger partial charge in [-0.2, -0.15) is 0 Å². The van der Waals surface area contributed by atoms with Gasteiger partial charge in [-0.25, -0.2) is 13.2 Å². The molecule has 1 aliphatic heterocycles. The largest absolute Gasteiger partial charge is 0.493 e. The van der Waals surface area contributed by atoms with E-state index in [2.05, 4.69) is 10.6 Å². The summed E-state index contributed by atoms with van der Waals surface area (Å²) in [5.41, 5.74) is 1.69. The number of nitrogens with zero attached hydrogens (tertiary/aromatic N) is 1. The summed E-state index contributed by atoms with van der Waals surface area (Å²) < 4.78 is 35.7. The molecule has 3 rings (SSSR count). The molecule has 1 fully saturated rings. The SMILES string of the molecule is COc1ccc(NC(=O)Nc2ccc(N3CCCS3(=O)=O)cc2)cc1OC. The van der Waals surface area contributed by atoms with Gasteiger partial charge in [-0.1, -0.05) is 0 Å². The third-order valence-electron chi connectivity index (χ3n) is 4.15. The van der Waals surface area contributed by atoms with Crippen LogP contribution in [-0.2, 0) is 10.0 Å². The van der Waals surface area contributed by atoms with Crippen molar-refractivity contribution in [2.24, 2.45) is 0 Å². The number of hydrogen-bond donors (Lipinski definition) is 2. The molecule has 2 aromatic rings. The first-order valence-electron chi connectivity index (χ1n) is 8.33. The fourth-order valence-electron chi connectivity index (χ4n) is 2.85. The van der Waals surface area contributed by atoms with E-state index in [0.29, 0.717) is 41.5 Å². The van der Waals surface area contributed by atoms with Crippen LogP contribution < -0.4 is 24.4 Å². The number of carbonyl (C=O) groups is 1. The Balaban J connectivity index is 1.64. The predicted molar refractivity (Wildman–Crippen MR) is 104 cm³/mol. The van der Waals surface area contributed by atoms with Crippen LogP contribution in [0.15, 0.2) is 42.5 Å². The van der Waals surface area contributed by atoms with Gasteiger partial charge in [-0.3, -0.25) is 4.31 Å². The molecule has 144 valence electrons. The highest BCUT2D eigenvalue weighted by molar-refractivity contribution is 7.93. The van der Waals surface area contributed by atoms with E-state index >= 15 is 0 Å². The van der Waals surface area contributed by atoms with Crippen molar-refractivity contribution in [3.05, 3.63) is 42.5 Å². The van der Waals surface area contributed by atoms with E-state index in [1.54, 1.807) is 42.5 Å². The lowest BCUT2D eigenvalue weighted by Crippen LogP contribution is -2.25. The first-order valence-corrected chi connectivity index (χ1v) is 9.94. The zero-order valence-electron chi connectivity index (χ0n) is 15.1. The summed E-state index contributed by atoms with van der Waals surface area (Å²) in [6, 6.07) is 11.3. The third-order valence-corrected chi connectivity index (χ3v) is 6.02. The Kier molecular flexibility index (Phi) is 5.41. The Labute approximate surface area is 158 Å². The Morgan fingerprint density at radius 1 is 0.963 bits per heavy atom. The fourth-order valence-corrected chi connectivity index (χ4v) is 4.41. The van der Waals surface area contributed by atoms with Gasteiger partial charge in [0.05, 0.1) is 25.7 Å². The molecule has 0 radical (unpaired) electrons. The highest BCUT2D eigenvalue weighted by Gasteiger charge is 2.28. The Morgan fingerprint density at radius 2 is 1.59 bits per heavy atom. The molecular formula is C18H21N3O5S. The molecule has 0 aromatic heterocycles. The zero-order chi connectivity index (χ0) is 19.4. The number of rotatable bonds is 5. The average molecular weight is 391 g/mol. The number of nitrogens with one attached hydrogen (secondary N) is 2. The number of benzene rings is 2. The maximum absolute atomic E-state index is 12.2. The molecule has 2 aromatic carbocycles. The van der Waals surface area contributed by atoms with E-state index in [9.17, 15) is 13.2 Å². The van der Waals surface area contributed by atoms with Gasteiger partial charge in [0.1, 0.15) is 0 Å². The summed E-state index contributed by atoms with van der Waals surface area (Å²) in [7, 11) is -0.164. The van der Waals surface area contributed by atoms with Gasteiger partial charge < -0.3 is 20.1 Å². The fraction of sp³-hybridized carbons (Fsp3) is 0.278. The average Bonchev–Trinajstić information content (AvgIpc) is 3.01.